The van der Waals surface area contributed by atoms with Crippen molar-refractivity contribution in [3.63, 3.8) is 0 Å². The molecule has 1 aromatic rings. The van der Waals surface area contributed by atoms with Crippen LogP contribution in [0.5, 0.6) is 5.75 Å². The van der Waals surface area contributed by atoms with Gasteiger partial charge in [0.15, 0.2) is 0 Å². The summed E-state index contributed by atoms with van der Waals surface area (Å²) in [4.78, 5) is 3.96. The third kappa shape index (κ3) is 2.20. The van der Waals surface area contributed by atoms with Crippen LogP contribution in [0.15, 0.2) is 18.5 Å². The standard InChI is InChI=1S/C9H14N2O/c1-7(2)12-9-3-4-11-6-8(9)5-10/h3-4,6-7H,5,10H2,1-2H3. The molecule has 0 bridgehead atoms. The van der Waals surface area contributed by atoms with E-state index in [9.17, 15) is 0 Å². The summed E-state index contributed by atoms with van der Waals surface area (Å²) >= 11 is 0. The number of aromatic nitrogens is 1. The van der Waals surface area contributed by atoms with Gasteiger partial charge in [0.05, 0.1) is 6.10 Å². The smallest absolute Gasteiger partial charge is 0.127 e. The predicted molar refractivity (Wildman–Crippen MR) is 47.9 cm³/mol. The van der Waals surface area contributed by atoms with Crippen LogP contribution in [0.3, 0.4) is 0 Å². The molecule has 0 spiro atoms. The number of rotatable bonds is 3. The van der Waals surface area contributed by atoms with Crippen LogP contribution < -0.4 is 10.5 Å². The molecule has 1 aromatic heterocycles. The SMILES string of the molecule is CC(C)Oc1ccncc1CN. The molecule has 0 radical (unpaired) electrons. The summed E-state index contributed by atoms with van der Waals surface area (Å²) in [6, 6.07) is 1.84. The van der Waals surface area contributed by atoms with E-state index in [0.717, 1.165) is 11.3 Å². The van der Waals surface area contributed by atoms with Gasteiger partial charge in [-0.1, -0.05) is 0 Å². The lowest BCUT2D eigenvalue weighted by Crippen LogP contribution is -2.09. The van der Waals surface area contributed by atoms with E-state index in [-0.39, 0.29) is 6.10 Å². The van der Waals surface area contributed by atoms with Crippen molar-refractivity contribution < 1.29 is 4.74 Å². The van der Waals surface area contributed by atoms with Crippen molar-refractivity contribution in [3.8, 4) is 5.75 Å². The first-order valence-electron chi connectivity index (χ1n) is 4.03. The van der Waals surface area contributed by atoms with Crippen LogP contribution in [-0.4, -0.2) is 11.1 Å². The fourth-order valence-corrected chi connectivity index (χ4v) is 0.937. The largest absolute Gasteiger partial charge is 0.491 e. The van der Waals surface area contributed by atoms with E-state index < -0.39 is 0 Å². The molecule has 66 valence electrons. The molecule has 3 heteroatoms. The van der Waals surface area contributed by atoms with Crippen molar-refractivity contribution in [1.82, 2.24) is 4.98 Å². The number of nitrogens with zero attached hydrogens (tertiary/aromatic N) is 1. The van der Waals surface area contributed by atoms with Crippen molar-refractivity contribution in [3.05, 3.63) is 24.0 Å². The molecule has 3 nitrogen and oxygen atoms in total. The highest BCUT2D eigenvalue weighted by molar-refractivity contribution is 5.29. The molecule has 0 fully saturated rings. The predicted octanol–water partition coefficient (Wildman–Crippen LogP) is 1.33. The zero-order valence-electron chi connectivity index (χ0n) is 7.45. The van der Waals surface area contributed by atoms with Gasteiger partial charge < -0.3 is 10.5 Å². The van der Waals surface area contributed by atoms with Crippen LogP contribution in [0.25, 0.3) is 0 Å². The fraction of sp³-hybridized carbons (Fsp3) is 0.444. The zero-order valence-corrected chi connectivity index (χ0v) is 7.45. The van der Waals surface area contributed by atoms with Crippen molar-refractivity contribution in [2.75, 3.05) is 0 Å². The molecule has 0 aliphatic rings. The van der Waals surface area contributed by atoms with Crippen LogP contribution in [0.4, 0.5) is 0 Å². The van der Waals surface area contributed by atoms with Gasteiger partial charge in [-0.15, -0.1) is 0 Å². The third-order valence-electron chi connectivity index (χ3n) is 1.44. The quantitative estimate of drug-likeness (QED) is 0.736. The van der Waals surface area contributed by atoms with Gasteiger partial charge >= 0.3 is 0 Å². The highest BCUT2D eigenvalue weighted by Gasteiger charge is 2.02. The van der Waals surface area contributed by atoms with Crippen LogP contribution >= 0.6 is 0 Å². The van der Waals surface area contributed by atoms with Crippen molar-refractivity contribution in [2.24, 2.45) is 5.73 Å². The lowest BCUT2D eigenvalue weighted by molar-refractivity contribution is 0.239. The van der Waals surface area contributed by atoms with E-state index in [4.69, 9.17) is 10.5 Å². The van der Waals surface area contributed by atoms with Gasteiger partial charge in [-0.3, -0.25) is 4.98 Å². The van der Waals surface area contributed by atoms with E-state index in [0.29, 0.717) is 6.54 Å². The second kappa shape index (κ2) is 4.07. The minimum Gasteiger partial charge on any atom is -0.491 e. The first kappa shape index (κ1) is 9.00. The Morgan fingerprint density at radius 2 is 2.33 bits per heavy atom. The molecule has 0 unspecified atom stereocenters. The molecular formula is C9H14N2O. The summed E-state index contributed by atoms with van der Waals surface area (Å²) in [6.45, 7) is 4.44. The van der Waals surface area contributed by atoms with Gasteiger partial charge in [0.1, 0.15) is 5.75 Å². The summed E-state index contributed by atoms with van der Waals surface area (Å²) < 4.78 is 5.52. The molecule has 1 heterocycles. The molecule has 1 rings (SSSR count). The van der Waals surface area contributed by atoms with E-state index in [1.807, 2.05) is 19.9 Å². The van der Waals surface area contributed by atoms with Gasteiger partial charge in [-0.05, 0) is 19.9 Å². The number of pyridine rings is 1. The minimum atomic E-state index is 0.178. The van der Waals surface area contributed by atoms with Gasteiger partial charge in [0, 0.05) is 24.5 Å². The van der Waals surface area contributed by atoms with Gasteiger partial charge in [0.2, 0.25) is 0 Å². The van der Waals surface area contributed by atoms with Gasteiger partial charge in [-0.2, -0.15) is 0 Å². The third-order valence-corrected chi connectivity index (χ3v) is 1.44. The summed E-state index contributed by atoms with van der Waals surface area (Å²) in [6.07, 6.45) is 3.62. The van der Waals surface area contributed by atoms with Crippen molar-refractivity contribution in [2.45, 2.75) is 26.5 Å². The van der Waals surface area contributed by atoms with E-state index in [2.05, 4.69) is 4.98 Å². The van der Waals surface area contributed by atoms with E-state index in [1.54, 1.807) is 12.4 Å². The normalized spacial score (nSPS) is 10.3. The van der Waals surface area contributed by atoms with Gasteiger partial charge in [0.25, 0.3) is 0 Å². The number of nitrogens with two attached hydrogens (primary N) is 1. The lowest BCUT2D eigenvalue weighted by atomic mass is 10.2. The Morgan fingerprint density at radius 1 is 1.58 bits per heavy atom. The Labute approximate surface area is 72.6 Å². The Morgan fingerprint density at radius 3 is 2.92 bits per heavy atom. The lowest BCUT2D eigenvalue weighted by Gasteiger charge is -2.12. The highest BCUT2D eigenvalue weighted by atomic mass is 16.5. The summed E-state index contributed by atoms with van der Waals surface area (Å²) in [7, 11) is 0. The van der Waals surface area contributed by atoms with E-state index in [1.165, 1.54) is 0 Å². The second-order valence-corrected chi connectivity index (χ2v) is 2.85. The molecule has 0 saturated heterocycles. The van der Waals surface area contributed by atoms with Crippen LogP contribution in [0, 0.1) is 0 Å². The highest BCUT2D eigenvalue weighted by Crippen LogP contribution is 2.16. The first-order valence-corrected chi connectivity index (χ1v) is 4.03. The minimum absolute atomic E-state index is 0.178. The van der Waals surface area contributed by atoms with Crippen LogP contribution in [0.2, 0.25) is 0 Å². The van der Waals surface area contributed by atoms with Crippen LogP contribution in [0.1, 0.15) is 19.4 Å². The molecule has 0 aromatic carbocycles. The van der Waals surface area contributed by atoms with Gasteiger partial charge in [-0.25, -0.2) is 0 Å². The molecule has 0 atom stereocenters. The Kier molecular flexibility index (Phi) is 3.05. The molecule has 0 aliphatic carbocycles. The maximum absolute atomic E-state index is 5.52. The van der Waals surface area contributed by atoms with Crippen molar-refractivity contribution >= 4 is 0 Å². The molecule has 0 saturated carbocycles. The number of hydrogen-bond acceptors (Lipinski definition) is 3. The van der Waals surface area contributed by atoms with Crippen LogP contribution in [-0.2, 0) is 6.54 Å². The topological polar surface area (TPSA) is 48.1 Å². The van der Waals surface area contributed by atoms with Crippen molar-refractivity contribution in [1.29, 1.82) is 0 Å². The Balaban J connectivity index is 2.82. The molecule has 0 amide bonds. The Hall–Kier alpha value is -1.09. The zero-order chi connectivity index (χ0) is 8.97. The first-order chi connectivity index (χ1) is 5.74. The molecule has 0 aliphatic heterocycles. The van der Waals surface area contributed by atoms with E-state index >= 15 is 0 Å². The molecular weight excluding hydrogens is 152 g/mol. The average Bonchev–Trinajstić information content (AvgIpc) is 2.04. The fourth-order valence-electron chi connectivity index (χ4n) is 0.937. The molecule has 12 heavy (non-hydrogen) atoms. The summed E-state index contributed by atoms with van der Waals surface area (Å²) in [5, 5.41) is 0. The maximum Gasteiger partial charge on any atom is 0.127 e. The summed E-state index contributed by atoms with van der Waals surface area (Å²) in [5.74, 6) is 0.836. The second-order valence-electron chi connectivity index (χ2n) is 2.85. The Bertz CT molecular complexity index is 248. The summed E-state index contributed by atoms with van der Waals surface area (Å²) in [5.41, 5.74) is 6.46. The number of hydrogen-bond donors (Lipinski definition) is 1. The average molecular weight is 166 g/mol. The maximum atomic E-state index is 5.52. The monoisotopic (exact) mass is 166 g/mol. The number of ether oxygens (including phenoxy) is 1. The molecule has 2 N–H and O–H groups in total.